The fourth-order valence-corrected chi connectivity index (χ4v) is 2.82. The van der Waals surface area contributed by atoms with Crippen molar-refractivity contribution in [2.45, 2.75) is 32.1 Å². The summed E-state index contributed by atoms with van der Waals surface area (Å²) in [7, 11) is 0. The molecule has 3 rings (SSSR count). The maximum Gasteiger partial charge on any atom is 0.307 e. The number of fused-ring (bicyclic) bond motifs is 1. The van der Waals surface area contributed by atoms with Gasteiger partial charge in [-0.25, -0.2) is 0 Å². The van der Waals surface area contributed by atoms with Crippen LogP contribution < -0.4 is 0 Å². The molecule has 3 aromatic heterocycles. The molecule has 0 saturated heterocycles. The number of carbonyl (C=O) groups is 1. The van der Waals surface area contributed by atoms with E-state index in [2.05, 4.69) is 30.8 Å². The second-order valence-corrected chi connectivity index (χ2v) is 5.38. The number of carboxylic acid groups (broad SMARTS) is 1. The summed E-state index contributed by atoms with van der Waals surface area (Å²) in [5, 5.41) is 31.9. The zero-order chi connectivity index (χ0) is 16.2. The van der Waals surface area contributed by atoms with Crippen molar-refractivity contribution >= 4 is 11.5 Å². The lowest BCUT2D eigenvalue weighted by atomic mass is 9.83. The Bertz CT molecular complexity index is 783. The van der Waals surface area contributed by atoms with Crippen LogP contribution in [0.4, 0.5) is 0 Å². The number of nitrogens with zero attached hydrogens (tertiary/aromatic N) is 6. The minimum atomic E-state index is -0.851. The molecule has 0 aliphatic carbocycles. The van der Waals surface area contributed by atoms with Crippen LogP contribution in [0.5, 0.6) is 0 Å². The fraction of sp³-hybridized carbons (Fsp3) is 0.429. The van der Waals surface area contributed by atoms with Crippen molar-refractivity contribution < 1.29 is 9.90 Å². The van der Waals surface area contributed by atoms with Gasteiger partial charge in [0.1, 0.15) is 0 Å². The van der Waals surface area contributed by atoms with Crippen molar-refractivity contribution in [3.63, 3.8) is 0 Å². The zero-order valence-corrected chi connectivity index (χ0v) is 12.6. The van der Waals surface area contributed by atoms with E-state index in [1.54, 1.807) is 12.4 Å². The largest absolute Gasteiger partial charge is 0.481 e. The molecule has 0 saturated carbocycles. The van der Waals surface area contributed by atoms with Crippen molar-refractivity contribution in [2.75, 3.05) is 0 Å². The molecular weight excluding hydrogens is 298 g/mol. The third-order valence-electron chi connectivity index (χ3n) is 3.92. The average Bonchev–Trinajstić information content (AvgIpc) is 3.20. The van der Waals surface area contributed by atoms with Crippen LogP contribution >= 0.6 is 0 Å². The maximum atomic E-state index is 11.7. The Hall–Kier alpha value is -2.84. The number of rotatable bonds is 7. The maximum absolute atomic E-state index is 11.7. The lowest BCUT2D eigenvalue weighted by molar-refractivity contribution is -0.142. The van der Waals surface area contributed by atoms with E-state index in [4.69, 9.17) is 0 Å². The van der Waals surface area contributed by atoms with E-state index < -0.39 is 11.9 Å². The zero-order valence-electron chi connectivity index (χ0n) is 12.6. The van der Waals surface area contributed by atoms with Gasteiger partial charge in [0.25, 0.3) is 0 Å². The minimum Gasteiger partial charge on any atom is -0.481 e. The topological polar surface area (TPSA) is 122 Å². The van der Waals surface area contributed by atoms with Gasteiger partial charge in [0.05, 0.1) is 17.6 Å². The molecule has 3 aromatic rings. The van der Waals surface area contributed by atoms with E-state index in [0.717, 1.165) is 17.5 Å². The Morgan fingerprint density at radius 1 is 1.43 bits per heavy atom. The van der Waals surface area contributed by atoms with Gasteiger partial charge in [-0.3, -0.25) is 4.79 Å². The number of hydrogen-bond donors (Lipinski definition) is 2. The molecular formula is C14H17N7O2. The number of aliphatic carboxylic acids is 1. The summed E-state index contributed by atoms with van der Waals surface area (Å²) in [6.07, 6.45) is 5.14. The number of aromatic amines is 1. The predicted molar refractivity (Wildman–Crippen MR) is 79.6 cm³/mol. The number of H-pyrrole nitrogens is 1. The Morgan fingerprint density at radius 2 is 2.30 bits per heavy atom. The summed E-state index contributed by atoms with van der Waals surface area (Å²) in [4.78, 5) is 11.7. The predicted octanol–water partition coefficient (Wildman–Crippen LogP) is 1.07. The summed E-state index contributed by atoms with van der Waals surface area (Å²) < 4.78 is 1.53. The molecule has 2 atom stereocenters. The van der Waals surface area contributed by atoms with Gasteiger partial charge in [-0.1, -0.05) is 18.6 Å². The van der Waals surface area contributed by atoms with E-state index in [1.807, 2.05) is 19.1 Å². The monoisotopic (exact) mass is 315 g/mol. The van der Waals surface area contributed by atoms with E-state index in [1.165, 1.54) is 4.63 Å². The lowest BCUT2D eigenvalue weighted by Gasteiger charge is -2.20. The van der Waals surface area contributed by atoms with E-state index in [-0.39, 0.29) is 5.92 Å². The third-order valence-corrected chi connectivity index (χ3v) is 3.92. The first-order chi connectivity index (χ1) is 11.2. The first kappa shape index (κ1) is 15.1. The van der Waals surface area contributed by atoms with Gasteiger partial charge < -0.3 is 5.11 Å². The van der Waals surface area contributed by atoms with Crippen LogP contribution in [0, 0.1) is 5.92 Å². The molecule has 0 fully saturated rings. The molecule has 0 aliphatic rings. The molecule has 0 aliphatic heterocycles. The highest BCUT2D eigenvalue weighted by atomic mass is 16.4. The van der Waals surface area contributed by atoms with E-state index in [0.29, 0.717) is 18.7 Å². The number of tetrazole rings is 1. The molecule has 0 radical (unpaired) electrons. The van der Waals surface area contributed by atoms with Crippen LogP contribution in [-0.2, 0) is 11.2 Å². The molecule has 0 aromatic carbocycles. The van der Waals surface area contributed by atoms with Crippen LogP contribution in [0.3, 0.4) is 0 Å². The van der Waals surface area contributed by atoms with Gasteiger partial charge in [-0.05, 0) is 25.0 Å². The van der Waals surface area contributed by atoms with Crippen LogP contribution in [0.1, 0.15) is 37.1 Å². The lowest BCUT2D eigenvalue weighted by Crippen LogP contribution is -2.25. The quantitative estimate of drug-likeness (QED) is 0.668. The van der Waals surface area contributed by atoms with Gasteiger partial charge in [0, 0.05) is 17.7 Å². The molecule has 9 nitrogen and oxygen atoms in total. The summed E-state index contributed by atoms with van der Waals surface area (Å²) in [6.45, 7) is 1.96. The highest BCUT2D eigenvalue weighted by molar-refractivity contribution is 5.71. The second kappa shape index (κ2) is 6.51. The highest BCUT2D eigenvalue weighted by Crippen LogP contribution is 2.30. The molecule has 0 bridgehead atoms. The van der Waals surface area contributed by atoms with E-state index in [9.17, 15) is 9.90 Å². The van der Waals surface area contributed by atoms with Gasteiger partial charge in [0.2, 0.25) is 0 Å². The van der Waals surface area contributed by atoms with Crippen molar-refractivity contribution in [1.29, 1.82) is 0 Å². The molecule has 23 heavy (non-hydrogen) atoms. The summed E-state index contributed by atoms with van der Waals surface area (Å²) in [6, 6.07) is 3.73. The number of hydrogen-bond acceptors (Lipinski definition) is 6. The number of carboxylic acids is 1. The molecule has 1 unspecified atom stereocenters. The van der Waals surface area contributed by atoms with Gasteiger partial charge in [-0.15, -0.1) is 10.2 Å². The van der Waals surface area contributed by atoms with Crippen LogP contribution in [-0.4, -0.2) is 46.5 Å². The Morgan fingerprint density at radius 3 is 3.00 bits per heavy atom. The Balaban J connectivity index is 1.97. The Kier molecular flexibility index (Phi) is 4.26. The van der Waals surface area contributed by atoms with Crippen LogP contribution in [0.2, 0.25) is 0 Å². The van der Waals surface area contributed by atoms with Crippen molar-refractivity contribution in [1.82, 2.24) is 35.5 Å². The summed E-state index contributed by atoms with van der Waals surface area (Å²) in [5.41, 5.74) is 1.76. The molecule has 2 N–H and O–H groups in total. The smallest absolute Gasteiger partial charge is 0.307 e. The van der Waals surface area contributed by atoms with Gasteiger partial charge >= 0.3 is 5.97 Å². The molecule has 0 spiro atoms. The van der Waals surface area contributed by atoms with Crippen molar-refractivity contribution in [3.8, 4) is 0 Å². The number of aromatic nitrogens is 7. The van der Waals surface area contributed by atoms with Crippen molar-refractivity contribution in [3.05, 3.63) is 35.9 Å². The van der Waals surface area contributed by atoms with Crippen LogP contribution in [0.15, 0.2) is 24.5 Å². The standard InChI is InChI=1S/C14H17N7O2/c1-2-4-10(14(22)23)11(13-17-19-20-18-13)7-9-8-16-21-12(9)5-3-6-15-21/h3,5-6,8,10-11H,2,4,7H2,1H3,(H,22,23)(H,17,18,19,20)/t10?,11-/m0/s1. The first-order valence-electron chi connectivity index (χ1n) is 7.44. The highest BCUT2D eigenvalue weighted by Gasteiger charge is 2.32. The molecule has 3 heterocycles. The van der Waals surface area contributed by atoms with Gasteiger partial charge in [-0.2, -0.15) is 20.0 Å². The minimum absolute atomic E-state index is 0.376. The number of nitrogens with one attached hydrogen (secondary N) is 1. The molecule has 120 valence electrons. The third kappa shape index (κ3) is 3.03. The van der Waals surface area contributed by atoms with E-state index >= 15 is 0 Å². The molecule has 0 amide bonds. The van der Waals surface area contributed by atoms with Gasteiger partial charge in [0.15, 0.2) is 5.82 Å². The second-order valence-electron chi connectivity index (χ2n) is 5.38. The molecule has 9 heteroatoms. The normalized spacial score (nSPS) is 14.0. The van der Waals surface area contributed by atoms with Crippen molar-refractivity contribution in [2.24, 2.45) is 5.92 Å². The first-order valence-corrected chi connectivity index (χ1v) is 7.44. The fourth-order valence-electron chi connectivity index (χ4n) is 2.82. The Labute approximate surface area is 131 Å². The summed E-state index contributed by atoms with van der Waals surface area (Å²) in [5.74, 6) is -1.39. The van der Waals surface area contributed by atoms with Crippen LogP contribution in [0.25, 0.3) is 5.52 Å². The average molecular weight is 315 g/mol. The SMILES string of the molecule is CCCC(C(=O)O)[C@H](Cc1cnn2ncccc12)c1nn[nH]n1. The summed E-state index contributed by atoms with van der Waals surface area (Å²) >= 11 is 0.